The van der Waals surface area contributed by atoms with Crippen LogP contribution in [0.25, 0.3) is 11.2 Å². The zero-order valence-electron chi connectivity index (χ0n) is 10.2. The molecule has 0 aliphatic rings. The summed E-state index contributed by atoms with van der Waals surface area (Å²) in [5, 5.41) is 0. The molecule has 4 nitrogen and oxygen atoms in total. The maximum Gasteiger partial charge on any atom is 0.163 e. The Balaban J connectivity index is 2.12. The topological polar surface area (TPSA) is 43.6 Å². The average molecular weight is 238 g/mol. The Labute approximate surface area is 105 Å². The highest BCUT2D eigenvalue weighted by atomic mass is 15.1. The van der Waals surface area contributed by atoms with Crippen LogP contribution in [0.1, 0.15) is 24.9 Å². The van der Waals surface area contributed by atoms with Crippen molar-refractivity contribution in [3.8, 4) is 0 Å². The summed E-state index contributed by atoms with van der Waals surface area (Å²) in [5.74, 6) is 0. The molecule has 18 heavy (non-hydrogen) atoms. The summed E-state index contributed by atoms with van der Waals surface area (Å²) in [5.41, 5.74) is 3.01. The van der Waals surface area contributed by atoms with Gasteiger partial charge in [-0.3, -0.25) is 0 Å². The molecule has 2 aromatic heterocycles. The van der Waals surface area contributed by atoms with Crippen LogP contribution >= 0.6 is 0 Å². The van der Waals surface area contributed by atoms with Crippen LogP contribution in [0.5, 0.6) is 0 Å². The Bertz CT molecular complexity index is 645. The van der Waals surface area contributed by atoms with Gasteiger partial charge < -0.3 is 4.57 Å². The molecule has 0 amide bonds. The number of hydrogen-bond acceptors (Lipinski definition) is 3. The summed E-state index contributed by atoms with van der Waals surface area (Å²) in [6.07, 6.45) is 6.16. The lowest BCUT2D eigenvalue weighted by molar-refractivity contribution is 0.577. The van der Waals surface area contributed by atoms with Gasteiger partial charge in [-0.15, -0.1) is 0 Å². The summed E-state index contributed by atoms with van der Waals surface area (Å²) in [4.78, 5) is 12.7. The van der Waals surface area contributed by atoms with Crippen molar-refractivity contribution in [1.29, 1.82) is 0 Å². The first-order valence-corrected chi connectivity index (χ1v) is 6.07. The highest BCUT2D eigenvalue weighted by Crippen LogP contribution is 2.24. The Morgan fingerprint density at radius 1 is 1.17 bits per heavy atom. The van der Waals surface area contributed by atoms with Gasteiger partial charge in [-0.25, -0.2) is 15.0 Å². The van der Waals surface area contributed by atoms with Gasteiger partial charge in [-0.2, -0.15) is 0 Å². The molecular weight excluding hydrogens is 224 g/mol. The van der Waals surface area contributed by atoms with Gasteiger partial charge in [-0.05, 0) is 12.0 Å². The molecule has 2 heterocycles. The van der Waals surface area contributed by atoms with E-state index in [2.05, 4.69) is 50.7 Å². The van der Waals surface area contributed by atoms with E-state index < -0.39 is 0 Å². The van der Waals surface area contributed by atoms with Crippen molar-refractivity contribution in [2.45, 2.75) is 19.4 Å². The number of fused-ring (bicyclic) bond motifs is 1. The van der Waals surface area contributed by atoms with E-state index in [1.807, 2.05) is 12.4 Å². The van der Waals surface area contributed by atoms with Crippen LogP contribution in [-0.2, 0) is 0 Å². The van der Waals surface area contributed by atoms with E-state index in [-0.39, 0.29) is 6.04 Å². The lowest BCUT2D eigenvalue weighted by Crippen LogP contribution is -2.09. The first-order valence-electron chi connectivity index (χ1n) is 6.07. The molecule has 1 atom stereocenters. The molecule has 0 bridgehead atoms. The molecule has 0 saturated carbocycles. The SMILES string of the molecule is CCC(c1ccccc1)n1cnc2cncnc21. The molecule has 0 aliphatic heterocycles. The van der Waals surface area contributed by atoms with Gasteiger partial charge >= 0.3 is 0 Å². The van der Waals surface area contributed by atoms with Gasteiger partial charge in [-0.1, -0.05) is 37.3 Å². The van der Waals surface area contributed by atoms with E-state index in [1.165, 1.54) is 5.56 Å². The third-order valence-electron chi connectivity index (χ3n) is 3.15. The predicted octanol–water partition coefficient (Wildman–Crippen LogP) is 2.83. The van der Waals surface area contributed by atoms with Crippen LogP contribution in [-0.4, -0.2) is 19.5 Å². The molecule has 0 N–H and O–H groups in total. The largest absolute Gasteiger partial charge is 0.308 e. The summed E-state index contributed by atoms with van der Waals surface area (Å²) in [6, 6.07) is 10.7. The second kappa shape index (κ2) is 4.56. The quantitative estimate of drug-likeness (QED) is 0.704. The monoisotopic (exact) mass is 238 g/mol. The first kappa shape index (κ1) is 10.9. The van der Waals surface area contributed by atoms with Crippen LogP contribution < -0.4 is 0 Å². The summed E-state index contributed by atoms with van der Waals surface area (Å²) in [6.45, 7) is 2.17. The predicted molar refractivity (Wildman–Crippen MR) is 70.2 cm³/mol. The molecule has 0 aliphatic carbocycles. The molecule has 0 radical (unpaired) electrons. The van der Waals surface area contributed by atoms with Gasteiger partial charge in [0.1, 0.15) is 11.8 Å². The molecule has 1 aromatic carbocycles. The van der Waals surface area contributed by atoms with Crippen LogP contribution in [0.3, 0.4) is 0 Å². The van der Waals surface area contributed by atoms with E-state index in [4.69, 9.17) is 0 Å². The van der Waals surface area contributed by atoms with Crippen LogP contribution in [0.2, 0.25) is 0 Å². The second-order valence-corrected chi connectivity index (χ2v) is 4.22. The smallest absolute Gasteiger partial charge is 0.163 e. The molecule has 3 aromatic rings. The highest BCUT2D eigenvalue weighted by molar-refractivity contribution is 5.69. The first-order chi connectivity index (χ1) is 8.90. The molecule has 4 heteroatoms. The van der Waals surface area contributed by atoms with Gasteiger partial charge in [0.15, 0.2) is 5.65 Å². The minimum absolute atomic E-state index is 0.270. The number of aromatic nitrogens is 4. The third-order valence-corrected chi connectivity index (χ3v) is 3.15. The summed E-state index contributed by atoms with van der Waals surface area (Å²) in [7, 11) is 0. The molecular formula is C14H14N4. The second-order valence-electron chi connectivity index (χ2n) is 4.22. The fourth-order valence-corrected chi connectivity index (χ4v) is 2.28. The molecule has 0 spiro atoms. The van der Waals surface area contributed by atoms with E-state index in [9.17, 15) is 0 Å². The lowest BCUT2D eigenvalue weighted by Gasteiger charge is -2.17. The Kier molecular flexibility index (Phi) is 2.76. The zero-order valence-corrected chi connectivity index (χ0v) is 10.2. The van der Waals surface area contributed by atoms with Crippen molar-refractivity contribution in [2.75, 3.05) is 0 Å². The molecule has 0 fully saturated rings. The number of hydrogen-bond donors (Lipinski definition) is 0. The van der Waals surface area contributed by atoms with Gasteiger partial charge in [0, 0.05) is 0 Å². The van der Waals surface area contributed by atoms with Gasteiger partial charge in [0.05, 0.1) is 18.6 Å². The third kappa shape index (κ3) is 1.76. The number of benzene rings is 1. The fourth-order valence-electron chi connectivity index (χ4n) is 2.28. The van der Waals surface area contributed by atoms with E-state index in [0.717, 1.165) is 17.6 Å². The number of imidazole rings is 1. The number of rotatable bonds is 3. The van der Waals surface area contributed by atoms with E-state index in [0.29, 0.717) is 0 Å². The van der Waals surface area contributed by atoms with Crippen LogP contribution in [0, 0.1) is 0 Å². The summed E-state index contributed by atoms with van der Waals surface area (Å²) < 4.78 is 2.12. The Morgan fingerprint density at radius 2 is 2.00 bits per heavy atom. The summed E-state index contributed by atoms with van der Waals surface area (Å²) >= 11 is 0. The lowest BCUT2D eigenvalue weighted by atomic mass is 10.0. The van der Waals surface area contributed by atoms with Gasteiger partial charge in [0.2, 0.25) is 0 Å². The van der Waals surface area contributed by atoms with Crippen molar-refractivity contribution in [1.82, 2.24) is 19.5 Å². The van der Waals surface area contributed by atoms with Crippen molar-refractivity contribution >= 4 is 11.2 Å². The highest BCUT2D eigenvalue weighted by Gasteiger charge is 2.14. The molecule has 3 rings (SSSR count). The van der Waals surface area contributed by atoms with Crippen LogP contribution in [0.15, 0.2) is 49.2 Å². The van der Waals surface area contributed by atoms with Crippen molar-refractivity contribution < 1.29 is 0 Å². The minimum atomic E-state index is 0.270. The molecule has 90 valence electrons. The van der Waals surface area contributed by atoms with Crippen molar-refractivity contribution in [3.05, 3.63) is 54.7 Å². The van der Waals surface area contributed by atoms with E-state index >= 15 is 0 Å². The fraction of sp³-hybridized carbons (Fsp3) is 0.214. The van der Waals surface area contributed by atoms with Gasteiger partial charge in [0.25, 0.3) is 0 Å². The number of nitrogens with zero attached hydrogens (tertiary/aromatic N) is 4. The normalized spacial score (nSPS) is 12.7. The van der Waals surface area contributed by atoms with E-state index in [1.54, 1.807) is 12.5 Å². The van der Waals surface area contributed by atoms with Crippen molar-refractivity contribution in [3.63, 3.8) is 0 Å². The van der Waals surface area contributed by atoms with Crippen LogP contribution in [0.4, 0.5) is 0 Å². The Morgan fingerprint density at radius 3 is 2.78 bits per heavy atom. The minimum Gasteiger partial charge on any atom is -0.308 e. The van der Waals surface area contributed by atoms with Crippen molar-refractivity contribution in [2.24, 2.45) is 0 Å². The maximum absolute atomic E-state index is 4.35. The molecule has 0 saturated heterocycles. The standard InChI is InChI=1S/C14H14N4/c1-2-13(11-6-4-3-5-7-11)18-10-17-12-8-15-9-16-14(12)18/h3-10,13H,2H2,1H3. The molecule has 1 unspecified atom stereocenters. The zero-order chi connectivity index (χ0) is 12.4. The Hall–Kier alpha value is -2.23. The maximum atomic E-state index is 4.35. The average Bonchev–Trinajstić information content (AvgIpc) is 2.85.